The van der Waals surface area contributed by atoms with Crippen LogP contribution in [0.3, 0.4) is 0 Å². The molecule has 1 saturated heterocycles. The van der Waals surface area contributed by atoms with Gasteiger partial charge in [0.05, 0.1) is 0 Å². The van der Waals surface area contributed by atoms with E-state index in [0.29, 0.717) is 17.7 Å². The molecule has 1 atom stereocenters. The molecule has 0 radical (unpaired) electrons. The van der Waals surface area contributed by atoms with E-state index in [9.17, 15) is 5.11 Å². The molecular formula is C16H25BrCl2N2O. The summed E-state index contributed by atoms with van der Waals surface area (Å²) in [6.45, 7) is 8.42. The van der Waals surface area contributed by atoms with Crippen LogP contribution < -0.4 is 5.32 Å². The minimum absolute atomic E-state index is 0. The second kappa shape index (κ2) is 8.20. The van der Waals surface area contributed by atoms with Gasteiger partial charge in [-0.25, -0.2) is 0 Å². The summed E-state index contributed by atoms with van der Waals surface area (Å²) in [6.07, 6.45) is 2.58. The molecule has 6 heteroatoms. The molecule has 22 heavy (non-hydrogen) atoms. The molecule has 0 bridgehead atoms. The maximum absolute atomic E-state index is 10.5. The van der Waals surface area contributed by atoms with Crippen molar-refractivity contribution in [1.29, 1.82) is 0 Å². The Morgan fingerprint density at radius 3 is 2.36 bits per heavy atom. The van der Waals surface area contributed by atoms with Crippen molar-refractivity contribution in [3.63, 3.8) is 0 Å². The van der Waals surface area contributed by atoms with Gasteiger partial charge >= 0.3 is 0 Å². The Bertz CT molecular complexity index is 517. The molecule has 1 heterocycles. The van der Waals surface area contributed by atoms with E-state index in [0.717, 1.165) is 41.8 Å². The van der Waals surface area contributed by atoms with E-state index >= 15 is 0 Å². The Kier molecular flexibility index (Phi) is 7.47. The van der Waals surface area contributed by atoms with E-state index < -0.39 is 0 Å². The fourth-order valence-corrected chi connectivity index (χ4v) is 3.74. The molecule has 0 spiro atoms. The lowest BCUT2D eigenvalue weighted by molar-refractivity contribution is 0.153. The molecule has 3 nitrogen and oxygen atoms in total. The summed E-state index contributed by atoms with van der Waals surface area (Å²) in [6, 6.07) is 2.29. The Hall–Kier alpha value is -0.000000000000000111. The zero-order valence-electron chi connectivity index (χ0n) is 13.1. The molecular weight excluding hydrogens is 387 g/mol. The molecule has 2 aliphatic rings. The summed E-state index contributed by atoms with van der Waals surface area (Å²) in [5.41, 5.74) is 3.46. The average molecular weight is 412 g/mol. The normalized spacial score (nSPS) is 20.0. The second-order valence-corrected chi connectivity index (χ2v) is 6.93. The number of rotatable bonds is 3. The van der Waals surface area contributed by atoms with E-state index in [2.05, 4.69) is 33.1 Å². The number of benzene rings is 1. The molecule has 1 saturated carbocycles. The van der Waals surface area contributed by atoms with Crippen LogP contribution >= 0.6 is 40.7 Å². The van der Waals surface area contributed by atoms with Crippen LogP contribution in [-0.4, -0.2) is 36.2 Å². The first-order valence-corrected chi connectivity index (χ1v) is 8.32. The molecule has 1 aliphatic heterocycles. The fraction of sp³-hybridized carbons (Fsp3) is 0.625. The van der Waals surface area contributed by atoms with E-state index in [-0.39, 0.29) is 24.8 Å². The molecule has 1 aliphatic carbocycles. The minimum atomic E-state index is 0. The van der Waals surface area contributed by atoms with Crippen molar-refractivity contribution in [3.05, 3.63) is 27.2 Å². The van der Waals surface area contributed by atoms with Crippen molar-refractivity contribution in [3.8, 4) is 5.75 Å². The summed E-state index contributed by atoms with van der Waals surface area (Å²) in [7, 11) is 0. The number of piperazine rings is 1. The summed E-state index contributed by atoms with van der Waals surface area (Å²) < 4.78 is 1.14. The highest BCUT2D eigenvalue weighted by Crippen LogP contribution is 2.49. The largest absolute Gasteiger partial charge is 0.508 e. The van der Waals surface area contributed by atoms with Crippen molar-refractivity contribution >= 4 is 40.7 Å². The van der Waals surface area contributed by atoms with Gasteiger partial charge in [-0.2, -0.15) is 0 Å². The van der Waals surface area contributed by atoms with Gasteiger partial charge in [-0.15, -0.1) is 24.8 Å². The van der Waals surface area contributed by atoms with Crippen LogP contribution in [-0.2, 0) is 0 Å². The number of aryl methyl sites for hydroxylation is 1. The molecule has 0 unspecified atom stereocenters. The Labute approximate surface area is 153 Å². The SMILES string of the molecule is Cc1cc(O)c([C@@H](C2CC2)N2CCNCC2)c(C)c1Br.Cl.Cl. The van der Waals surface area contributed by atoms with Gasteiger partial charge in [0.2, 0.25) is 0 Å². The third-order valence-electron chi connectivity index (χ3n) is 4.62. The highest BCUT2D eigenvalue weighted by atomic mass is 79.9. The molecule has 0 amide bonds. The standard InChI is InChI=1S/C16H23BrN2O.2ClH/c1-10-9-13(20)14(11(2)15(10)17)16(12-3-4-12)19-7-5-18-6-8-19;;/h9,12,16,18,20H,3-8H2,1-2H3;2*1H/t16-;;/m1../s1. The average Bonchev–Trinajstić information content (AvgIpc) is 3.26. The van der Waals surface area contributed by atoms with Crippen LogP contribution in [0.1, 0.15) is 35.6 Å². The fourth-order valence-electron chi connectivity index (χ4n) is 3.41. The lowest BCUT2D eigenvalue weighted by Crippen LogP contribution is -2.45. The number of phenolic OH excluding ortho intramolecular Hbond substituents is 1. The number of phenols is 1. The highest BCUT2D eigenvalue weighted by molar-refractivity contribution is 9.10. The van der Waals surface area contributed by atoms with Gasteiger partial charge in [-0.1, -0.05) is 15.9 Å². The molecule has 3 rings (SSSR count). The van der Waals surface area contributed by atoms with Crippen molar-refractivity contribution in [2.45, 2.75) is 32.7 Å². The van der Waals surface area contributed by atoms with E-state index in [4.69, 9.17) is 0 Å². The quantitative estimate of drug-likeness (QED) is 0.789. The number of hydrogen-bond donors (Lipinski definition) is 2. The van der Waals surface area contributed by atoms with Crippen LogP contribution in [0, 0.1) is 19.8 Å². The topological polar surface area (TPSA) is 35.5 Å². The van der Waals surface area contributed by atoms with Gasteiger partial charge in [0.25, 0.3) is 0 Å². The van der Waals surface area contributed by atoms with Gasteiger partial charge in [0.1, 0.15) is 5.75 Å². The van der Waals surface area contributed by atoms with E-state index in [1.807, 2.05) is 13.0 Å². The van der Waals surface area contributed by atoms with Crippen molar-refractivity contribution < 1.29 is 5.11 Å². The maximum atomic E-state index is 10.5. The first kappa shape index (κ1) is 20.0. The first-order valence-electron chi connectivity index (χ1n) is 7.53. The summed E-state index contributed by atoms with van der Waals surface area (Å²) in [5, 5.41) is 13.9. The third-order valence-corrected chi connectivity index (χ3v) is 5.84. The number of aromatic hydroxyl groups is 1. The lowest BCUT2D eigenvalue weighted by atomic mass is 9.93. The van der Waals surface area contributed by atoms with Gasteiger partial charge in [-0.3, -0.25) is 4.90 Å². The number of nitrogens with zero attached hydrogens (tertiary/aromatic N) is 1. The van der Waals surface area contributed by atoms with Crippen LogP contribution in [0.15, 0.2) is 10.5 Å². The van der Waals surface area contributed by atoms with Crippen molar-refractivity contribution in [2.75, 3.05) is 26.2 Å². The van der Waals surface area contributed by atoms with Gasteiger partial charge in [0.15, 0.2) is 0 Å². The number of nitrogens with one attached hydrogen (secondary N) is 1. The molecule has 126 valence electrons. The van der Waals surface area contributed by atoms with Crippen LogP contribution in [0.5, 0.6) is 5.75 Å². The van der Waals surface area contributed by atoms with Crippen molar-refractivity contribution in [1.82, 2.24) is 10.2 Å². The van der Waals surface area contributed by atoms with Crippen molar-refractivity contribution in [2.24, 2.45) is 5.92 Å². The zero-order valence-corrected chi connectivity index (χ0v) is 16.3. The Morgan fingerprint density at radius 1 is 1.23 bits per heavy atom. The molecule has 2 fully saturated rings. The van der Waals surface area contributed by atoms with Crippen LogP contribution in [0.4, 0.5) is 0 Å². The molecule has 0 aromatic heterocycles. The van der Waals surface area contributed by atoms with Gasteiger partial charge < -0.3 is 10.4 Å². The minimum Gasteiger partial charge on any atom is -0.508 e. The summed E-state index contributed by atoms with van der Waals surface area (Å²) in [4.78, 5) is 2.55. The molecule has 1 aromatic rings. The first-order chi connectivity index (χ1) is 9.59. The zero-order chi connectivity index (χ0) is 14.3. The third kappa shape index (κ3) is 3.90. The van der Waals surface area contributed by atoms with E-state index in [1.165, 1.54) is 18.4 Å². The van der Waals surface area contributed by atoms with E-state index in [1.54, 1.807) is 0 Å². The molecule has 2 N–H and O–H groups in total. The maximum Gasteiger partial charge on any atom is 0.120 e. The predicted octanol–water partition coefficient (Wildman–Crippen LogP) is 3.97. The number of hydrogen-bond acceptors (Lipinski definition) is 3. The van der Waals surface area contributed by atoms with Gasteiger partial charge in [0, 0.05) is 42.3 Å². The van der Waals surface area contributed by atoms with Crippen LogP contribution in [0.25, 0.3) is 0 Å². The lowest BCUT2D eigenvalue weighted by Gasteiger charge is -2.36. The summed E-state index contributed by atoms with van der Waals surface area (Å²) >= 11 is 3.68. The monoisotopic (exact) mass is 410 g/mol. The van der Waals surface area contributed by atoms with Crippen LogP contribution in [0.2, 0.25) is 0 Å². The second-order valence-electron chi connectivity index (χ2n) is 6.13. The Balaban J connectivity index is 0.00000121. The Morgan fingerprint density at radius 2 is 1.82 bits per heavy atom. The predicted molar refractivity (Wildman–Crippen MR) is 99.7 cm³/mol. The number of halogens is 3. The highest BCUT2D eigenvalue weighted by Gasteiger charge is 2.39. The molecule has 1 aromatic carbocycles. The van der Waals surface area contributed by atoms with Gasteiger partial charge in [-0.05, 0) is 49.8 Å². The smallest absolute Gasteiger partial charge is 0.120 e. The summed E-state index contributed by atoms with van der Waals surface area (Å²) in [5.74, 6) is 1.19.